The van der Waals surface area contributed by atoms with Crippen LogP contribution in [0, 0.1) is 0 Å². The molecule has 1 amide bonds. The Kier molecular flexibility index (Phi) is 6.00. The molecule has 0 bridgehead atoms. The van der Waals surface area contributed by atoms with Gasteiger partial charge in [0.2, 0.25) is 5.91 Å². The standard InChI is InChI=1S/C9H18N2O3S/c12-4-2-11(3-5-13)9(14)8-7-15-6-1-10-8/h8,10,12-13H,1-7H2. The Morgan fingerprint density at radius 1 is 1.40 bits per heavy atom. The van der Waals surface area contributed by atoms with E-state index < -0.39 is 0 Å². The minimum absolute atomic E-state index is 0.0229. The second-order valence-corrected chi connectivity index (χ2v) is 4.50. The van der Waals surface area contributed by atoms with Crippen molar-refractivity contribution in [3.63, 3.8) is 0 Å². The van der Waals surface area contributed by atoms with E-state index in [2.05, 4.69) is 5.32 Å². The number of hydrogen-bond donors (Lipinski definition) is 3. The van der Waals surface area contributed by atoms with Gasteiger partial charge in [-0.3, -0.25) is 4.79 Å². The lowest BCUT2D eigenvalue weighted by molar-refractivity contribution is -0.134. The molecule has 1 atom stereocenters. The number of rotatable bonds is 5. The van der Waals surface area contributed by atoms with Gasteiger partial charge in [0.1, 0.15) is 0 Å². The van der Waals surface area contributed by atoms with Gasteiger partial charge in [0.05, 0.1) is 19.3 Å². The molecule has 0 spiro atoms. The molecule has 1 rings (SSSR count). The van der Waals surface area contributed by atoms with Gasteiger partial charge in [0, 0.05) is 31.1 Å². The first-order valence-electron chi connectivity index (χ1n) is 5.11. The zero-order valence-corrected chi connectivity index (χ0v) is 9.50. The van der Waals surface area contributed by atoms with E-state index in [0.29, 0.717) is 13.1 Å². The Labute approximate surface area is 93.8 Å². The predicted octanol–water partition coefficient (Wildman–Crippen LogP) is -1.50. The number of nitrogens with one attached hydrogen (secondary N) is 1. The number of amides is 1. The van der Waals surface area contributed by atoms with E-state index in [4.69, 9.17) is 10.2 Å². The van der Waals surface area contributed by atoms with Gasteiger partial charge in [-0.15, -0.1) is 0 Å². The molecule has 0 radical (unpaired) electrons. The lowest BCUT2D eigenvalue weighted by Gasteiger charge is -2.29. The molecular weight excluding hydrogens is 216 g/mol. The second-order valence-electron chi connectivity index (χ2n) is 3.35. The highest BCUT2D eigenvalue weighted by atomic mass is 32.2. The number of aliphatic hydroxyl groups is 2. The molecule has 0 aromatic heterocycles. The fourth-order valence-electron chi connectivity index (χ4n) is 1.52. The monoisotopic (exact) mass is 234 g/mol. The van der Waals surface area contributed by atoms with E-state index in [1.165, 1.54) is 4.90 Å². The number of hydrogen-bond acceptors (Lipinski definition) is 5. The predicted molar refractivity (Wildman–Crippen MR) is 59.9 cm³/mol. The average molecular weight is 234 g/mol. The molecule has 3 N–H and O–H groups in total. The molecular formula is C9H18N2O3S. The van der Waals surface area contributed by atoms with Crippen molar-refractivity contribution in [3.8, 4) is 0 Å². The molecule has 1 heterocycles. The Hall–Kier alpha value is -0.300. The number of nitrogens with zero attached hydrogens (tertiary/aromatic N) is 1. The third-order valence-corrected chi connectivity index (χ3v) is 3.33. The molecule has 6 heteroatoms. The van der Waals surface area contributed by atoms with Crippen LogP contribution < -0.4 is 5.32 Å². The van der Waals surface area contributed by atoms with Gasteiger partial charge in [-0.25, -0.2) is 0 Å². The van der Waals surface area contributed by atoms with Crippen molar-refractivity contribution in [2.24, 2.45) is 0 Å². The molecule has 0 saturated carbocycles. The molecule has 1 unspecified atom stereocenters. The van der Waals surface area contributed by atoms with E-state index in [9.17, 15) is 4.79 Å². The summed E-state index contributed by atoms with van der Waals surface area (Å²) in [4.78, 5) is 13.4. The van der Waals surface area contributed by atoms with Gasteiger partial charge >= 0.3 is 0 Å². The van der Waals surface area contributed by atoms with Crippen LogP contribution in [-0.2, 0) is 4.79 Å². The van der Waals surface area contributed by atoms with Crippen molar-refractivity contribution >= 4 is 17.7 Å². The Balaban J connectivity index is 2.45. The van der Waals surface area contributed by atoms with E-state index in [1.807, 2.05) is 0 Å². The zero-order valence-electron chi connectivity index (χ0n) is 8.69. The van der Waals surface area contributed by atoms with Crippen molar-refractivity contribution < 1.29 is 15.0 Å². The summed E-state index contributed by atoms with van der Waals surface area (Å²) in [6.45, 7) is 1.30. The van der Waals surface area contributed by atoms with Crippen molar-refractivity contribution in [2.75, 3.05) is 44.4 Å². The highest BCUT2D eigenvalue weighted by Crippen LogP contribution is 2.09. The van der Waals surface area contributed by atoms with Gasteiger partial charge in [0.15, 0.2) is 0 Å². The SMILES string of the molecule is O=C(C1CSCCN1)N(CCO)CCO. The molecule has 0 aliphatic carbocycles. The van der Waals surface area contributed by atoms with Gasteiger partial charge in [0.25, 0.3) is 0 Å². The van der Waals surface area contributed by atoms with E-state index in [1.54, 1.807) is 11.8 Å². The molecule has 1 fully saturated rings. The van der Waals surface area contributed by atoms with Crippen LogP contribution in [0.5, 0.6) is 0 Å². The lowest BCUT2D eigenvalue weighted by atomic mass is 10.2. The van der Waals surface area contributed by atoms with Crippen LogP contribution in [-0.4, -0.2) is 71.4 Å². The van der Waals surface area contributed by atoms with Gasteiger partial charge in [-0.05, 0) is 0 Å². The van der Waals surface area contributed by atoms with Crippen LogP contribution in [0.1, 0.15) is 0 Å². The minimum Gasteiger partial charge on any atom is -0.395 e. The van der Waals surface area contributed by atoms with Crippen molar-refractivity contribution in [1.82, 2.24) is 10.2 Å². The Bertz CT molecular complexity index is 192. The average Bonchev–Trinajstić information content (AvgIpc) is 2.29. The van der Waals surface area contributed by atoms with Crippen molar-refractivity contribution in [3.05, 3.63) is 0 Å². The third-order valence-electron chi connectivity index (χ3n) is 2.27. The van der Waals surface area contributed by atoms with Crippen LogP contribution >= 0.6 is 11.8 Å². The fraction of sp³-hybridized carbons (Fsp3) is 0.889. The van der Waals surface area contributed by atoms with Crippen LogP contribution in [0.25, 0.3) is 0 Å². The summed E-state index contributed by atoms with van der Waals surface area (Å²) < 4.78 is 0. The fourth-order valence-corrected chi connectivity index (χ4v) is 2.44. The van der Waals surface area contributed by atoms with Crippen LogP contribution in [0.15, 0.2) is 0 Å². The van der Waals surface area contributed by atoms with Gasteiger partial charge < -0.3 is 20.4 Å². The first-order chi connectivity index (χ1) is 7.29. The molecule has 5 nitrogen and oxygen atoms in total. The van der Waals surface area contributed by atoms with Crippen LogP contribution in [0.4, 0.5) is 0 Å². The van der Waals surface area contributed by atoms with Gasteiger partial charge in [-0.2, -0.15) is 11.8 Å². The smallest absolute Gasteiger partial charge is 0.240 e. The summed E-state index contributed by atoms with van der Waals surface area (Å²) >= 11 is 1.75. The molecule has 0 aromatic carbocycles. The Morgan fingerprint density at radius 3 is 2.53 bits per heavy atom. The number of aliphatic hydroxyl groups excluding tert-OH is 2. The van der Waals surface area contributed by atoms with Crippen LogP contribution in [0.2, 0.25) is 0 Å². The quantitative estimate of drug-likeness (QED) is 0.540. The molecule has 15 heavy (non-hydrogen) atoms. The highest BCUT2D eigenvalue weighted by Gasteiger charge is 2.25. The zero-order chi connectivity index (χ0) is 11.1. The maximum absolute atomic E-state index is 11.9. The summed E-state index contributed by atoms with van der Waals surface area (Å²) in [6, 6.07) is -0.165. The van der Waals surface area contributed by atoms with Crippen LogP contribution in [0.3, 0.4) is 0 Å². The molecule has 88 valence electrons. The number of carbonyl (C=O) groups is 1. The summed E-state index contributed by atoms with van der Waals surface area (Å²) in [5, 5.41) is 20.8. The summed E-state index contributed by atoms with van der Waals surface area (Å²) in [5.74, 6) is 1.78. The number of thioether (sulfide) groups is 1. The van der Waals surface area contributed by atoms with Crippen molar-refractivity contribution in [2.45, 2.75) is 6.04 Å². The second kappa shape index (κ2) is 7.05. The minimum atomic E-state index is -0.165. The normalized spacial score (nSPS) is 21.3. The van der Waals surface area contributed by atoms with E-state index in [0.717, 1.165) is 18.1 Å². The summed E-state index contributed by atoms with van der Waals surface area (Å²) in [6.07, 6.45) is 0. The topological polar surface area (TPSA) is 72.8 Å². The summed E-state index contributed by atoms with van der Waals surface area (Å²) in [7, 11) is 0. The Morgan fingerprint density at radius 2 is 2.07 bits per heavy atom. The van der Waals surface area contributed by atoms with Crippen molar-refractivity contribution in [1.29, 1.82) is 0 Å². The first kappa shape index (κ1) is 12.8. The molecule has 0 aromatic rings. The molecule has 1 aliphatic rings. The third kappa shape index (κ3) is 3.98. The molecule has 1 saturated heterocycles. The van der Waals surface area contributed by atoms with Gasteiger partial charge in [-0.1, -0.05) is 0 Å². The maximum Gasteiger partial charge on any atom is 0.240 e. The first-order valence-corrected chi connectivity index (χ1v) is 6.26. The summed E-state index contributed by atoms with van der Waals surface area (Å²) in [5.41, 5.74) is 0. The van der Waals surface area contributed by atoms with E-state index >= 15 is 0 Å². The van der Waals surface area contributed by atoms with E-state index in [-0.39, 0.29) is 25.2 Å². The highest BCUT2D eigenvalue weighted by molar-refractivity contribution is 7.99. The maximum atomic E-state index is 11.9. The lowest BCUT2D eigenvalue weighted by Crippen LogP contribution is -2.51. The number of carbonyl (C=O) groups excluding carboxylic acids is 1. The largest absolute Gasteiger partial charge is 0.395 e. The molecule has 1 aliphatic heterocycles.